The third-order valence-electron chi connectivity index (χ3n) is 4.12. The molecule has 0 radical (unpaired) electrons. The first kappa shape index (κ1) is 20.5. The normalized spacial score (nSPS) is 10.1. The zero-order valence-electron chi connectivity index (χ0n) is 15.8. The lowest BCUT2D eigenvalue weighted by molar-refractivity contribution is -0.108. The van der Waals surface area contributed by atoms with Gasteiger partial charge in [0.15, 0.2) is 0 Å². The van der Waals surface area contributed by atoms with Gasteiger partial charge in [0.25, 0.3) is 5.56 Å². The zero-order chi connectivity index (χ0) is 21.3. The topological polar surface area (TPSA) is 119 Å². The van der Waals surface area contributed by atoms with Crippen LogP contribution in [0.3, 0.4) is 0 Å². The Balaban J connectivity index is 1.80. The summed E-state index contributed by atoms with van der Waals surface area (Å²) in [7, 11) is 0. The Morgan fingerprint density at radius 1 is 1.07 bits per heavy atom. The molecule has 0 aliphatic rings. The number of hydrogen-bond acceptors (Lipinski definition) is 6. The summed E-state index contributed by atoms with van der Waals surface area (Å²) >= 11 is 0. The molecule has 3 rings (SSSR count). The van der Waals surface area contributed by atoms with Crippen LogP contribution in [-0.2, 0) is 27.5 Å². The van der Waals surface area contributed by atoms with E-state index >= 15 is 0 Å². The molecule has 9 nitrogen and oxygen atoms in total. The molecule has 152 valence electrons. The average molecular weight is 406 g/mol. The van der Waals surface area contributed by atoms with E-state index in [4.69, 9.17) is 4.74 Å². The van der Waals surface area contributed by atoms with Gasteiger partial charge in [0.1, 0.15) is 24.4 Å². The molecule has 0 saturated heterocycles. The second kappa shape index (κ2) is 9.78. The smallest absolute Gasteiger partial charge is 0.412 e. The minimum Gasteiger partial charge on any atom is -0.444 e. The number of nitrogens with zero attached hydrogens (tertiary/aromatic N) is 2. The molecule has 0 bridgehead atoms. The SMILES string of the molecule is O=CCn1c(-c2ccc(NC=O)cc2)ncc(NC(=O)OCc2ccccc2)c1=O. The van der Waals surface area contributed by atoms with Gasteiger partial charge in [-0.25, -0.2) is 9.78 Å². The van der Waals surface area contributed by atoms with Crippen molar-refractivity contribution in [1.29, 1.82) is 0 Å². The van der Waals surface area contributed by atoms with E-state index in [-0.39, 0.29) is 24.7 Å². The van der Waals surface area contributed by atoms with Crippen LogP contribution in [-0.4, -0.2) is 28.3 Å². The van der Waals surface area contributed by atoms with Crippen LogP contribution in [0.2, 0.25) is 0 Å². The van der Waals surface area contributed by atoms with Crippen molar-refractivity contribution < 1.29 is 19.1 Å². The number of aromatic nitrogens is 2. The highest BCUT2D eigenvalue weighted by atomic mass is 16.5. The van der Waals surface area contributed by atoms with Crippen molar-refractivity contribution >= 4 is 30.2 Å². The second-order valence-corrected chi connectivity index (χ2v) is 6.10. The van der Waals surface area contributed by atoms with E-state index in [1.165, 1.54) is 6.20 Å². The average Bonchev–Trinajstić information content (AvgIpc) is 2.77. The number of amides is 2. The summed E-state index contributed by atoms with van der Waals surface area (Å²) in [5, 5.41) is 4.87. The molecule has 3 aromatic rings. The molecule has 2 amide bonds. The van der Waals surface area contributed by atoms with E-state index in [1.807, 2.05) is 18.2 Å². The van der Waals surface area contributed by atoms with E-state index in [1.54, 1.807) is 36.4 Å². The molecule has 9 heteroatoms. The number of carbonyl (C=O) groups is 3. The summed E-state index contributed by atoms with van der Waals surface area (Å²) in [4.78, 5) is 50.6. The Bertz CT molecular complexity index is 1090. The van der Waals surface area contributed by atoms with Crippen molar-refractivity contribution in [2.45, 2.75) is 13.2 Å². The minimum absolute atomic E-state index is 0.0435. The number of hydrogen-bond donors (Lipinski definition) is 2. The van der Waals surface area contributed by atoms with Gasteiger partial charge in [0.2, 0.25) is 6.41 Å². The Kier molecular flexibility index (Phi) is 6.67. The van der Waals surface area contributed by atoms with E-state index in [0.717, 1.165) is 10.1 Å². The summed E-state index contributed by atoms with van der Waals surface area (Å²) in [6, 6.07) is 15.7. The molecule has 0 aliphatic carbocycles. The number of ether oxygens (including phenoxy) is 1. The van der Waals surface area contributed by atoms with Gasteiger partial charge in [-0.15, -0.1) is 0 Å². The van der Waals surface area contributed by atoms with Gasteiger partial charge in [-0.2, -0.15) is 0 Å². The third-order valence-corrected chi connectivity index (χ3v) is 4.12. The summed E-state index contributed by atoms with van der Waals surface area (Å²) in [5.74, 6) is 0.243. The van der Waals surface area contributed by atoms with E-state index < -0.39 is 11.7 Å². The quantitative estimate of drug-likeness (QED) is 0.555. The Labute approximate surface area is 171 Å². The van der Waals surface area contributed by atoms with Crippen molar-refractivity contribution in [3.63, 3.8) is 0 Å². The lowest BCUT2D eigenvalue weighted by atomic mass is 10.2. The number of benzene rings is 2. The number of nitrogens with one attached hydrogen (secondary N) is 2. The molecular formula is C21H18N4O5. The maximum Gasteiger partial charge on any atom is 0.412 e. The standard InChI is InChI=1S/C21H18N4O5/c26-11-10-25-19(16-6-8-17(9-7-16)23-14-27)22-12-18(20(25)28)24-21(29)30-13-15-4-2-1-3-5-15/h1-9,11-12,14H,10,13H2,(H,23,27)(H,24,29). The lowest BCUT2D eigenvalue weighted by Gasteiger charge is -2.13. The van der Waals surface area contributed by atoms with Crippen molar-refractivity contribution in [3.8, 4) is 11.4 Å². The highest BCUT2D eigenvalue weighted by molar-refractivity contribution is 5.84. The van der Waals surface area contributed by atoms with Gasteiger partial charge in [0, 0.05) is 11.3 Å². The fourth-order valence-electron chi connectivity index (χ4n) is 2.70. The molecule has 2 aromatic carbocycles. The van der Waals surface area contributed by atoms with Gasteiger partial charge in [-0.1, -0.05) is 30.3 Å². The van der Waals surface area contributed by atoms with Gasteiger partial charge in [-0.3, -0.25) is 19.5 Å². The van der Waals surface area contributed by atoms with Crippen molar-refractivity contribution in [2.75, 3.05) is 10.6 Å². The monoisotopic (exact) mass is 406 g/mol. The molecule has 0 saturated carbocycles. The first-order valence-corrected chi connectivity index (χ1v) is 8.94. The van der Waals surface area contributed by atoms with Gasteiger partial charge >= 0.3 is 6.09 Å². The molecule has 0 atom stereocenters. The fraction of sp³-hybridized carbons (Fsp3) is 0.0952. The van der Waals surface area contributed by atoms with Crippen molar-refractivity contribution in [3.05, 3.63) is 76.7 Å². The molecule has 0 fully saturated rings. The van der Waals surface area contributed by atoms with Crippen LogP contribution >= 0.6 is 0 Å². The van der Waals surface area contributed by atoms with Crippen LogP contribution in [0.15, 0.2) is 65.6 Å². The number of rotatable bonds is 8. The van der Waals surface area contributed by atoms with Gasteiger partial charge in [-0.05, 0) is 29.8 Å². The van der Waals surface area contributed by atoms with Crippen molar-refractivity contribution in [1.82, 2.24) is 9.55 Å². The highest BCUT2D eigenvalue weighted by Crippen LogP contribution is 2.19. The first-order chi connectivity index (χ1) is 14.6. The predicted octanol–water partition coefficient (Wildman–Crippen LogP) is 2.43. The third kappa shape index (κ3) is 4.96. The van der Waals surface area contributed by atoms with Gasteiger partial charge < -0.3 is 14.8 Å². The Morgan fingerprint density at radius 3 is 2.47 bits per heavy atom. The molecule has 0 spiro atoms. The van der Waals surface area contributed by atoms with Crippen LogP contribution < -0.4 is 16.2 Å². The minimum atomic E-state index is -0.813. The second-order valence-electron chi connectivity index (χ2n) is 6.10. The number of anilines is 2. The van der Waals surface area contributed by atoms with Crippen LogP contribution in [0, 0.1) is 0 Å². The first-order valence-electron chi connectivity index (χ1n) is 8.94. The summed E-state index contributed by atoms with van der Waals surface area (Å²) in [5.41, 5.74) is 1.21. The largest absolute Gasteiger partial charge is 0.444 e. The van der Waals surface area contributed by atoms with Crippen LogP contribution in [0.5, 0.6) is 0 Å². The molecular weight excluding hydrogens is 388 g/mol. The van der Waals surface area contributed by atoms with E-state index in [2.05, 4.69) is 15.6 Å². The molecule has 0 aliphatic heterocycles. The number of aldehydes is 1. The Hall–Kier alpha value is -4.27. The van der Waals surface area contributed by atoms with Crippen LogP contribution in [0.1, 0.15) is 5.56 Å². The summed E-state index contributed by atoms with van der Waals surface area (Å²) in [6.45, 7) is -0.202. The zero-order valence-corrected chi connectivity index (χ0v) is 15.8. The van der Waals surface area contributed by atoms with Crippen LogP contribution in [0.4, 0.5) is 16.2 Å². The maximum atomic E-state index is 12.8. The van der Waals surface area contributed by atoms with Crippen LogP contribution in [0.25, 0.3) is 11.4 Å². The van der Waals surface area contributed by atoms with Gasteiger partial charge in [0.05, 0.1) is 12.7 Å². The maximum absolute atomic E-state index is 12.8. The number of carbonyl (C=O) groups excluding carboxylic acids is 3. The Morgan fingerprint density at radius 2 is 1.80 bits per heavy atom. The molecule has 1 aromatic heterocycles. The fourth-order valence-corrected chi connectivity index (χ4v) is 2.70. The van der Waals surface area contributed by atoms with Crippen molar-refractivity contribution in [2.24, 2.45) is 0 Å². The van der Waals surface area contributed by atoms with E-state index in [0.29, 0.717) is 23.9 Å². The molecule has 2 N–H and O–H groups in total. The summed E-state index contributed by atoms with van der Waals surface area (Å²) in [6.07, 6.45) is 1.51. The molecule has 0 unspecified atom stereocenters. The molecule has 1 heterocycles. The lowest BCUT2D eigenvalue weighted by Crippen LogP contribution is -2.28. The summed E-state index contributed by atoms with van der Waals surface area (Å²) < 4.78 is 6.25. The van der Waals surface area contributed by atoms with E-state index in [9.17, 15) is 19.2 Å². The highest BCUT2D eigenvalue weighted by Gasteiger charge is 2.14. The predicted molar refractivity (Wildman–Crippen MR) is 110 cm³/mol. The molecule has 30 heavy (non-hydrogen) atoms.